The largest absolute Gasteiger partial charge is 0.317 e. The number of nitrogens with one attached hydrogen (secondary N) is 1. The summed E-state index contributed by atoms with van der Waals surface area (Å²) in [4.78, 5) is 10.5. The molecule has 2 atom stereocenters. The summed E-state index contributed by atoms with van der Waals surface area (Å²) in [6.07, 6.45) is 5.75. The smallest absolute Gasteiger partial charge is 0.127 e. The average Bonchev–Trinajstić information content (AvgIpc) is 3.17. The number of benzene rings is 1. The number of thiophene rings is 1. The van der Waals surface area contributed by atoms with Gasteiger partial charge in [0.25, 0.3) is 0 Å². The normalized spacial score (nSPS) is 22.9. The van der Waals surface area contributed by atoms with E-state index in [2.05, 4.69) is 50.8 Å². The van der Waals surface area contributed by atoms with Gasteiger partial charge in [0.1, 0.15) is 10.7 Å². The van der Waals surface area contributed by atoms with Crippen LogP contribution in [0.2, 0.25) is 0 Å². The highest BCUT2D eigenvalue weighted by Crippen LogP contribution is 2.55. The lowest BCUT2D eigenvalue weighted by Gasteiger charge is -2.22. The first-order valence-electron chi connectivity index (χ1n) is 10.2. The molecule has 0 radical (unpaired) electrons. The van der Waals surface area contributed by atoms with Gasteiger partial charge in [-0.15, -0.1) is 11.3 Å². The Morgan fingerprint density at radius 1 is 1.11 bits per heavy atom. The van der Waals surface area contributed by atoms with Crippen LogP contribution in [0, 0.1) is 6.92 Å². The molecule has 1 N–H and O–H groups in total. The van der Waals surface area contributed by atoms with Crippen molar-refractivity contribution in [2.45, 2.75) is 44.1 Å². The van der Waals surface area contributed by atoms with Gasteiger partial charge in [-0.3, -0.25) is 4.68 Å². The van der Waals surface area contributed by atoms with Crippen molar-refractivity contribution in [3.63, 3.8) is 0 Å². The molecule has 1 saturated carbocycles. The Kier molecular flexibility index (Phi) is 3.77. The van der Waals surface area contributed by atoms with Crippen LogP contribution in [0.15, 0.2) is 35.8 Å². The van der Waals surface area contributed by atoms with Gasteiger partial charge in [-0.05, 0) is 74.3 Å². The van der Waals surface area contributed by atoms with Crippen LogP contribution in [0.5, 0.6) is 0 Å². The molecule has 4 aromatic rings. The summed E-state index contributed by atoms with van der Waals surface area (Å²) in [5.74, 6) is 1.95. The zero-order valence-corrected chi connectivity index (χ0v) is 16.7. The van der Waals surface area contributed by atoms with Gasteiger partial charge < -0.3 is 5.32 Å². The van der Waals surface area contributed by atoms with Crippen LogP contribution in [-0.4, -0.2) is 32.8 Å². The minimum atomic E-state index is 0.510. The van der Waals surface area contributed by atoms with Crippen LogP contribution >= 0.6 is 11.3 Å². The maximum Gasteiger partial charge on any atom is 0.127 e. The molecule has 28 heavy (non-hydrogen) atoms. The molecule has 4 heterocycles. The molecular weight excluding hydrogens is 366 g/mol. The first-order valence-corrected chi connectivity index (χ1v) is 11.1. The van der Waals surface area contributed by atoms with Gasteiger partial charge in [0.15, 0.2) is 0 Å². The maximum absolute atomic E-state index is 4.85. The summed E-state index contributed by atoms with van der Waals surface area (Å²) in [5, 5.41) is 12.9. The van der Waals surface area contributed by atoms with Crippen LogP contribution < -0.4 is 5.32 Å². The quantitative estimate of drug-likeness (QED) is 0.559. The Bertz CT molecular complexity index is 1170. The highest BCUT2D eigenvalue weighted by molar-refractivity contribution is 7.16. The third kappa shape index (κ3) is 2.74. The molecule has 2 aliphatic rings. The fourth-order valence-electron chi connectivity index (χ4n) is 4.69. The Hall–Kier alpha value is -2.31. The van der Waals surface area contributed by atoms with Gasteiger partial charge in [0.2, 0.25) is 0 Å². The SMILES string of the molecule is Cc1nc(C2CC2c2ccc3nn(C4CCNCC4)cc3c2)c2ccsc2n1. The van der Waals surface area contributed by atoms with E-state index in [1.165, 1.54) is 28.5 Å². The zero-order valence-electron chi connectivity index (χ0n) is 15.9. The number of hydrogen-bond donors (Lipinski definition) is 1. The first-order chi connectivity index (χ1) is 13.8. The van der Waals surface area contributed by atoms with E-state index in [-0.39, 0.29) is 0 Å². The van der Waals surface area contributed by atoms with Crippen molar-refractivity contribution in [2.75, 3.05) is 13.1 Å². The van der Waals surface area contributed by atoms with Gasteiger partial charge in [-0.25, -0.2) is 9.97 Å². The van der Waals surface area contributed by atoms with E-state index in [4.69, 9.17) is 10.1 Å². The summed E-state index contributed by atoms with van der Waals surface area (Å²) < 4.78 is 2.20. The molecule has 0 amide bonds. The molecule has 5 nitrogen and oxygen atoms in total. The van der Waals surface area contributed by atoms with Crippen molar-refractivity contribution >= 4 is 32.5 Å². The molecule has 0 spiro atoms. The van der Waals surface area contributed by atoms with E-state index >= 15 is 0 Å². The van der Waals surface area contributed by atoms with E-state index < -0.39 is 0 Å². The van der Waals surface area contributed by atoms with E-state index in [0.717, 1.165) is 42.1 Å². The average molecular weight is 390 g/mol. The third-order valence-electron chi connectivity index (χ3n) is 6.27. The topological polar surface area (TPSA) is 55.6 Å². The fraction of sp³-hybridized carbons (Fsp3) is 0.409. The molecule has 142 valence electrons. The second-order valence-corrected chi connectivity index (χ2v) is 9.05. The molecule has 6 heteroatoms. The van der Waals surface area contributed by atoms with E-state index in [9.17, 15) is 0 Å². The number of hydrogen-bond acceptors (Lipinski definition) is 5. The molecule has 2 fully saturated rings. The Morgan fingerprint density at radius 3 is 2.89 bits per heavy atom. The van der Waals surface area contributed by atoms with E-state index in [0.29, 0.717) is 17.9 Å². The van der Waals surface area contributed by atoms with Crippen LogP contribution in [0.3, 0.4) is 0 Å². The molecule has 1 aliphatic carbocycles. The summed E-state index contributed by atoms with van der Waals surface area (Å²) >= 11 is 1.71. The zero-order chi connectivity index (χ0) is 18.7. The fourth-order valence-corrected chi connectivity index (χ4v) is 5.51. The maximum atomic E-state index is 4.85. The number of piperidine rings is 1. The molecule has 1 aliphatic heterocycles. The predicted molar refractivity (Wildman–Crippen MR) is 113 cm³/mol. The summed E-state index contributed by atoms with van der Waals surface area (Å²) in [6, 6.07) is 9.52. The second-order valence-electron chi connectivity index (χ2n) is 8.15. The Labute approximate surface area is 167 Å². The molecule has 1 aromatic carbocycles. The number of rotatable bonds is 3. The van der Waals surface area contributed by atoms with Crippen LogP contribution in [0.4, 0.5) is 0 Å². The molecular formula is C22H23N5S. The predicted octanol–water partition coefficient (Wildman–Crippen LogP) is 4.55. The number of aryl methyl sites for hydroxylation is 1. The van der Waals surface area contributed by atoms with Crippen molar-refractivity contribution in [1.29, 1.82) is 0 Å². The highest BCUT2D eigenvalue weighted by Gasteiger charge is 2.42. The first kappa shape index (κ1) is 16.6. The van der Waals surface area contributed by atoms with Crippen molar-refractivity contribution < 1.29 is 0 Å². The summed E-state index contributed by atoms with van der Waals surface area (Å²) in [7, 11) is 0. The number of nitrogens with zero attached hydrogens (tertiary/aromatic N) is 4. The van der Waals surface area contributed by atoms with Gasteiger partial charge in [0, 0.05) is 22.9 Å². The third-order valence-corrected chi connectivity index (χ3v) is 7.07. The molecule has 2 unspecified atom stereocenters. The summed E-state index contributed by atoms with van der Waals surface area (Å²) in [5.41, 5.74) is 3.76. The van der Waals surface area contributed by atoms with Crippen LogP contribution in [0.1, 0.15) is 54.2 Å². The Morgan fingerprint density at radius 2 is 2.00 bits per heavy atom. The highest BCUT2D eigenvalue weighted by atomic mass is 32.1. The minimum absolute atomic E-state index is 0.510. The lowest BCUT2D eigenvalue weighted by Crippen LogP contribution is -2.29. The lowest BCUT2D eigenvalue weighted by atomic mass is 10.0. The van der Waals surface area contributed by atoms with Crippen molar-refractivity contribution in [1.82, 2.24) is 25.1 Å². The number of aromatic nitrogens is 4. The van der Waals surface area contributed by atoms with Crippen molar-refractivity contribution in [3.05, 3.63) is 52.9 Å². The van der Waals surface area contributed by atoms with Gasteiger partial charge in [0.05, 0.1) is 17.3 Å². The van der Waals surface area contributed by atoms with Crippen LogP contribution in [-0.2, 0) is 0 Å². The van der Waals surface area contributed by atoms with Crippen molar-refractivity contribution in [3.8, 4) is 0 Å². The molecule has 6 rings (SSSR count). The monoisotopic (exact) mass is 389 g/mol. The summed E-state index contributed by atoms with van der Waals surface area (Å²) in [6.45, 7) is 4.18. The molecule has 3 aromatic heterocycles. The Balaban J connectivity index is 1.31. The number of fused-ring (bicyclic) bond motifs is 2. The van der Waals surface area contributed by atoms with Crippen molar-refractivity contribution in [2.24, 2.45) is 0 Å². The van der Waals surface area contributed by atoms with Crippen LogP contribution in [0.25, 0.3) is 21.1 Å². The minimum Gasteiger partial charge on any atom is -0.317 e. The van der Waals surface area contributed by atoms with Gasteiger partial charge >= 0.3 is 0 Å². The van der Waals surface area contributed by atoms with Gasteiger partial charge in [-0.1, -0.05) is 6.07 Å². The second kappa shape index (κ2) is 6.36. The standard InChI is InChI=1S/C22H23N5S/c1-13-24-21(17-6-9-28-22(17)25-13)19-11-18(19)14-2-3-20-15(10-14)12-27(26-20)16-4-7-23-8-5-16/h2-3,6,9-10,12,16,18-19,23H,4-5,7-8,11H2,1H3. The molecule has 1 saturated heterocycles. The lowest BCUT2D eigenvalue weighted by molar-refractivity contribution is 0.345. The molecule has 0 bridgehead atoms. The van der Waals surface area contributed by atoms with E-state index in [1.54, 1.807) is 11.3 Å². The van der Waals surface area contributed by atoms with E-state index in [1.807, 2.05) is 6.92 Å². The van der Waals surface area contributed by atoms with Gasteiger partial charge in [-0.2, -0.15) is 5.10 Å².